The number of ether oxygens (including phenoxy) is 1. The summed E-state index contributed by atoms with van der Waals surface area (Å²) in [4.78, 5) is 30.5. The molecule has 3 N–H and O–H groups in total. The molecule has 7 nitrogen and oxygen atoms in total. The fourth-order valence-corrected chi connectivity index (χ4v) is 3.51. The van der Waals surface area contributed by atoms with Gasteiger partial charge in [-0.3, -0.25) is 9.59 Å². The molecule has 1 aliphatic rings. The summed E-state index contributed by atoms with van der Waals surface area (Å²) < 4.78 is 5.68. The second kappa shape index (κ2) is 10.6. The molecule has 1 fully saturated rings. The number of unbranched alkanes of at least 4 members (excludes halogenated alkanes) is 2. The van der Waals surface area contributed by atoms with Crippen LogP contribution in [-0.2, 0) is 4.79 Å². The van der Waals surface area contributed by atoms with E-state index in [9.17, 15) is 9.59 Å². The van der Waals surface area contributed by atoms with Crippen LogP contribution in [-0.4, -0.2) is 36.5 Å². The molecule has 3 rings (SSSR count). The van der Waals surface area contributed by atoms with Crippen LogP contribution in [0.1, 0.15) is 49.4 Å². The van der Waals surface area contributed by atoms with Gasteiger partial charge in [0.05, 0.1) is 24.4 Å². The first-order valence-electron chi connectivity index (χ1n) is 10.6. The lowest BCUT2D eigenvalue weighted by Crippen LogP contribution is -2.41. The van der Waals surface area contributed by atoms with Crippen LogP contribution >= 0.6 is 0 Å². The second-order valence-electron chi connectivity index (χ2n) is 7.63. The Morgan fingerprint density at radius 2 is 2.00 bits per heavy atom. The third-order valence-corrected chi connectivity index (χ3v) is 5.29. The third kappa shape index (κ3) is 5.95. The van der Waals surface area contributed by atoms with E-state index in [-0.39, 0.29) is 17.7 Å². The molecule has 1 saturated heterocycles. The van der Waals surface area contributed by atoms with Crippen LogP contribution in [0.4, 0.5) is 11.5 Å². The highest BCUT2D eigenvalue weighted by atomic mass is 16.5. The van der Waals surface area contributed by atoms with Crippen molar-refractivity contribution < 1.29 is 14.3 Å². The molecule has 0 saturated carbocycles. The van der Waals surface area contributed by atoms with E-state index in [1.165, 1.54) is 0 Å². The number of nitrogens with two attached hydrogens (primary N) is 1. The van der Waals surface area contributed by atoms with Crippen LogP contribution < -0.4 is 20.7 Å². The molecule has 2 heterocycles. The van der Waals surface area contributed by atoms with Crippen molar-refractivity contribution in [2.75, 3.05) is 29.9 Å². The van der Waals surface area contributed by atoms with Gasteiger partial charge in [0.15, 0.2) is 0 Å². The van der Waals surface area contributed by atoms with E-state index >= 15 is 0 Å². The van der Waals surface area contributed by atoms with Crippen molar-refractivity contribution in [2.45, 2.75) is 39.0 Å². The number of nitrogens with one attached hydrogen (secondary N) is 1. The van der Waals surface area contributed by atoms with Gasteiger partial charge in [-0.25, -0.2) is 4.98 Å². The zero-order valence-electron chi connectivity index (χ0n) is 17.5. The monoisotopic (exact) mass is 410 g/mol. The van der Waals surface area contributed by atoms with E-state index in [1.807, 2.05) is 24.3 Å². The van der Waals surface area contributed by atoms with Crippen LogP contribution in [0.2, 0.25) is 0 Å². The Hall–Kier alpha value is -3.09. The number of pyridine rings is 1. The molecule has 1 atom stereocenters. The second-order valence-corrected chi connectivity index (χ2v) is 7.63. The predicted molar refractivity (Wildman–Crippen MR) is 118 cm³/mol. The maximum atomic E-state index is 12.5. The number of piperidine rings is 1. The van der Waals surface area contributed by atoms with Crippen molar-refractivity contribution in [3.63, 3.8) is 0 Å². The van der Waals surface area contributed by atoms with E-state index in [1.54, 1.807) is 18.3 Å². The van der Waals surface area contributed by atoms with Crippen molar-refractivity contribution in [3.05, 3.63) is 48.2 Å². The number of carbonyl (C=O) groups excluding carboxylic acids is 2. The summed E-state index contributed by atoms with van der Waals surface area (Å²) in [7, 11) is 0. The molecule has 2 aromatic rings. The first-order valence-corrected chi connectivity index (χ1v) is 10.6. The number of aromatic nitrogens is 1. The molecule has 1 unspecified atom stereocenters. The molecule has 0 aliphatic carbocycles. The molecular weight excluding hydrogens is 380 g/mol. The van der Waals surface area contributed by atoms with Gasteiger partial charge < -0.3 is 20.7 Å². The number of nitrogens with zero attached hydrogens (tertiary/aromatic N) is 2. The standard InChI is InChI=1S/C23H30N4O3/c1-2-3-4-14-30-20-10-7-17(8-11-20)23(29)26-19-9-12-21(25-15-19)27-13-5-6-18(16-27)22(24)28/h7-12,15,18H,2-6,13-14,16H2,1H3,(H2,24,28)(H,26,29). The summed E-state index contributed by atoms with van der Waals surface area (Å²) in [5, 5.41) is 2.86. The van der Waals surface area contributed by atoms with Crippen molar-refractivity contribution in [2.24, 2.45) is 11.7 Å². The van der Waals surface area contributed by atoms with E-state index in [0.29, 0.717) is 24.4 Å². The summed E-state index contributed by atoms with van der Waals surface area (Å²) in [5.74, 6) is 0.946. The lowest BCUT2D eigenvalue weighted by molar-refractivity contribution is -0.122. The minimum Gasteiger partial charge on any atom is -0.494 e. The quantitative estimate of drug-likeness (QED) is 0.616. The van der Waals surface area contributed by atoms with Crippen LogP contribution in [0.25, 0.3) is 0 Å². The lowest BCUT2D eigenvalue weighted by Gasteiger charge is -2.32. The van der Waals surface area contributed by atoms with Gasteiger partial charge in [-0.15, -0.1) is 0 Å². The Bertz CT molecular complexity index is 837. The number of primary amides is 1. The van der Waals surface area contributed by atoms with Crippen LogP contribution in [0.3, 0.4) is 0 Å². The minimum atomic E-state index is -0.263. The van der Waals surface area contributed by atoms with Crippen molar-refractivity contribution in [1.82, 2.24) is 4.98 Å². The van der Waals surface area contributed by atoms with Gasteiger partial charge >= 0.3 is 0 Å². The van der Waals surface area contributed by atoms with Gasteiger partial charge in [0.2, 0.25) is 5.91 Å². The fourth-order valence-electron chi connectivity index (χ4n) is 3.51. The minimum absolute atomic E-state index is 0.140. The number of benzene rings is 1. The molecule has 0 spiro atoms. The first kappa shape index (κ1) is 21.6. The van der Waals surface area contributed by atoms with Gasteiger partial charge in [0.25, 0.3) is 5.91 Å². The van der Waals surface area contributed by atoms with Crippen molar-refractivity contribution in [3.8, 4) is 5.75 Å². The van der Waals surface area contributed by atoms with E-state index in [2.05, 4.69) is 22.1 Å². The highest BCUT2D eigenvalue weighted by molar-refractivity contribution is 6.04. The maximum absolute atomic E-state index is 12.5. The summed E-state index contributed by atoms with van der Waals surface area (Å²) in [6.45, 7) is 4.27. The average Bonchev–Trinajstić information content (AvgIpc) is 2.78. The van der Waals surface area contributed by atoms with Gasteiger partial charge in [-0.2, -0.15) is 0 Å². The van der Waals surface area contributed by atoms with Gasteiger partial charge in [-0.05, 0) is 55.7 Å². The molecule has 1 aromatic carbocycles. The summed E-state index contributed by atoms with van der Waals surface area (Å²) in [5.41, 5.74) is 6.62. The number of carbonyl (C=O) groups is 2. The number of hydrogen-bond donors (Lipinski definition) is 2. The lowest BCUT2D eigenvalue weighted by atomic mass is 9.97. The average molecular weight is 411 g/mol. The number of anilines is 2. The predicted octanol–water partition coefficient (Wildman–Crippen LogP) is 3.60. The molecular formula is C23H30N4O3. The summed E-state index contributed by atoms with van der Waals surface area (Å²) in [6.07, 6.45) is 6.70. The number of hydrogen-bond acceptors (Lipinski definition) is 5. The number of rotatable bonds is 9. The number of amides is 2. The molecule has 0 bridgehead atoms. The maximum Gasteiger partial charge on any atom is 0.255 e. The molecule has 0 radical (unpaired) electrons. The van der Waals surface area contributed by atoms with Crippen molar-refractivity contribution in [1.29, 1.82) is 0 Å². The van der Waals surface area contributed by atoms with E-state index in [4.69, 9.17) is 10.5 Å². The highest BCUT2D eigenvalue weighted by Gasteiger charge is 2.24. The van der Waals surface area contributed by atoms with Gasteiger partial charge in [0.1, 0.15) is 11.6 Å². The fraction of sp³-hybridized carbons (Fsp3) is 0.435. The third-order valence-electron chi connectivity index (χ3n) is 5.29. The molecule has 30 heavy (non-hydrogen) atoms. The summed E-state index contributed by atoms with van der Waals surface area (Å²) >= 11 is 0. The zero-order chi connectivity index (χ0) is 21.3. The van der Waals surface area contributed by atoms with Crippen LogP contribution in [0.5, 0.6) is 5.75 Å². The normalized spacial score (nSPS) is 16.2. The van der Waals surface area contributed by atoms with Crippen LogP contribution in [0, 0.1) is 5.92 Å². The Morgan fingerprint density at radius 1 is 1.20 bits per heavy atom. The Balaban J connectivity index is 1.53. The first-order chi connectivity index (χ1) is 14.6. The Kier molecular flexibility index (Phi) is 7.65. The zero-order valence-corrected chi connectivity index (χ0v) is 17.5. The van der Waals surface area contributed by atoms with E-state index < -0.39 is 0 Å². The Labute approximate surface area is 177 Å². The SMILES string of the molecule is CCCCCOc1ccc(C(=O)Nc2ccc(N3CCCC(C(N)=O)C3)nc2)cc1. The van der Waals surface area contributed by atoms with Crippen molar-refractivity contribution >= 4 is 23.3 Å². The van der Waals surface area contributed by atoms with Gasteiger partial charge in [0, 0.05) is 18.7 Å². The molecule has 2 amide bonds. The summed E-state index contributed by atoms with van der Waals surface area (Å²) in [6, 6.07) is 10.8. The largest absolute Gasteiger partial charge is 0.494 e. The van der Waals surface area contributed by atoms with Gasteiger partial charge in [-0.1, -0.05) is 19.8 Å². The molecule has 160 valence electrons. The van der Waals surface area contributed by atoms with Crippen LogP contribution in [0.15, 0.2) is 42.6 Å². The topological polar surface area (TPSA) is 97.5 Å². The molecule has 1 aromatic heterocycles. The Morgan fingerprint density at radius 3 is 2.67 bits per heavy atom. The molecule has 7 heteroatoms. The highest BCUT2D eigenvalue weighted by Crippen LogP contribution is 2.22. The smallest absolute Gasteiger partial charge is 0.255 e. The van der Waals surface area contributed by atoms with E-state index in [0.717, 1.165) is 50.2 Å². The molecule has 1 aliphatic heterocycles.